The highest BCUT2D eigenvalue weighted by Crippen LogP contribution is 2.17. The molecule has 0 bridgehead atoms. The summed E-state index contributed by atoms with van der Waals surface area (Å²) in [7, 11) is 2.12. The normalized spacial score (nSPS) is 15.3. The molecule has 1 aromatic rings. The van der Waals surface area contributed by atoms with E-state index in [2.05, 4.69) is 47.3 Å². The SMILES string of the molecule is Br.CN1CCCN=C1SCc1ccccc1. The lowest BCUT2D eigenvalue weighted by molar-refractivity contribution is 0.477. The molecule has 0 N–H and O–H groups in total. The molecule has 0 aliphatic carbocycles. The van der Waals surface area contributed by atoms with Gasteiger partial charge in [0, 0.05) is 25.9 Å². The van der Waals surface area contributed by atoms with Gasteiger partial charge in [-0.05, 0) is 12.0 Å². The van der Waals surface area contributed by atoms with E-state index < -0.39 is 0 Å². The largest absolute Gasteiger partial charge is 0.354 e. The number of rotatable bonds is 2. The molecule has 0 radical (unpaired) electrons. The van der Waals surface area contributed by atoms with Crippen molar-refractivity contribution in [3.05, 3.63) is 35.9 Å². The van der Waals surface area contributed by atoms with Crippen molar-refractivity contribution in [1.82, 2.24) is 4.90 Å². The van der Waals surface area contributed by atoms with Gasteiger partial charge in [0.25, 0.3) is 0 Å². The molecule has 1 heterocycles. The van der Waals surface area contributed by atoms with E-state index in [4.69, 9.17) is 0 Å². The van der Waals surface area contributed by atoms with Crippen LogP contribution in [0.1, 0.15) is 12.0 Å². The summed E-state index contributed by atoms with van der Waals surface area (Å²) >= 11 is 1.83. The summed E-state index contributed by atoms with van der Waals surface area (Å²) < 4.78 is 0. The van der Waals surface area contributed by atoms with Gasteiger partial charge in [0.2, 0.25) is 0 Å². The third-order valence-corrected chi connectivity index (χ3v) is 3.61. The van der Waals surface area contributed by atoms with Crippen LogP contribution < -0.4 is 0 Å². The van der Waals surface area contributed by atoms with Crippen molar-refractivity contribution < 1.29 is 0 Å². The van der Waals surface area contributed by atoms with Gasteiger partial charge < -0.3 is 4.90 Å². The molecule has 0 aromatic heterocycles. The van der Waals surface area contributed by atoms with Crippen molar-refractivity contribution in [2.75, 3.05) is 20.1 Å². The Labute approximate surface area is 112 Å². The summed E-state index contributed by atoms with van der Waals surface area (Å²) in [6, 6.07) is 10.6. The smallest absolute Gasteiger partial charge is 0.159 e. The zero-order valence-corrected chi connectivity index (χ0v) is 12.0. The molecule has 1 aliphatic heterocycles. The molecule has 1 aromatic carbocycles. The van der Waals surface area contributed by atoms with E-state index >= 15 is 0 Å². The fourth-order valence-corrected chi connectivity index (χ4v) is 2.56. The highest BCUT2D eigenvalue weighted by molar-refractivity contribution is 8.93. The van der Waals surface area contributed by atoms with Gasteiger partial charge in [-0.1, -0.05) is 42.1 Å². The van der Waals surface area contributed by atoms with Gasteiger partial charge in [-0.3, -0.25) is 4.99 Å². The van der Waals surface area contributed by atoms with Crippen LogP contribution in [-0.2, 0) is 5.75 Å². The molecule has 2 rings (SSSR count). The number of benzene rings is 1. The summed E-state index contributed by atoms with van der Waals surface area (Å²) in [4.78, 5) is 6.78. The number of amidine groups is 1. The molecule has 0 amide bonds. The van der Waals surface area contributed by atoms with Gasteiger partial charge in [-0.2, -0.15) is 0 Å². The van der Waals surface area contributed by atoms with Crippen molar-refractivity contribution in [1.29, 1.82) is 0 Å². The van der Waals surface area contributed by atoms with Crippen LogP contribution in [0.25, 0.3) is 0 Å². The van der Waals surface area contributed by atoms with Crippen LogP contribution in [0.3, 0.4) is 0 Å². The predicted octanol–water partition coefficient (Wildman–Crippen LogP) is 3.19. The number of halogens is 1. The Morgan fingerprint density at radius 1 is 1.31 bits per heavy atom. The summed E-state index contributed by atoms with van der Waals surface area (Å²) in [6.07, 6.45) is 1.19. The fraction of sp³-hybridized carbons (Fsp3) is 0.417. The van der Waals surface area contributed by atoms with Crippen LogP contribution in [-0.4, -0.2) is 30.2 Å². The summed E-state index contributed by atoms with van der Waals surface area (Å²) in [5.74, 6) is 1.02. The Balaban J connectivity index is 0.00000128. The molecule has 2 nitrogen and oxygen atoms in total. The second-order valence-electron chi connectivity index (χ2n) is 3.71. The zero-order chi connectivity index (χ0) is 10.5. The van der Waals surface area contributed by atoms with E-state index in [0.717, 1.165) is 18.8 Å². The van der Waals surface area contributed by atoms with Crippen molar-refractivity contribution in [3.63, 3.8) is 0 Å². The van der Waals surface area contributed by atoms with Gasteiger partial charge in [-0.25, -0.2) is 0 Å². The third-order valence-electron chi connectivity index (χ3n) is 2.44. The van der Waals surface area contributed by atoms with E-state index in [0.29, 0.717) is 0 Å². The minimum atomic E-state index is 0. The molecule has 0 unspecified atom stereocenters. The molecular formula is C12H17BrN2S. The quantitative estimate of drug-likeness (QED) is 0.833. The van der Waals surface area contributed by atoms with Crippen molar-refractivity contribution in [2.45, 2.75) is 12.2 Å². The van der Waals surface area contributed by atoms with Gasteiger partial charge in [0.05, 0.1) is 0 Å². The van der Waals surface area contributed by atoms with E-state index in [1.54, 1.807) is 0 Å². The van der Waals surface area contributed by atoms with Gasteiger partial charge in [-0.15, -0.1) is 17.0 Å². The van der Waals surface area contributed by atoms with Gasteiger partial charge >= 0.3 is 0 Å². The fourth-order valence-electron chi connectivity index (χ4n) is 1.58. The Kier molecular flexibility index (Phi) is 5.91. The number of nitrogens with zero attached hydrogens (tertiary/aromatic N) is 2. The lowest BCUT2D eigenvalue weighted by atomic mass is 10.2. The molecule has 0 fully saturated rings. The minimum absolute atomic E-state index is 0. The molecule has 88 valence electrons. The van der Waals surface area contributed by atoms with Crippen molar-refractivity contribution >= 4 is 33.9 Å². The molecule has 4 heteroatoms. The molecule has 1 aliphatic rings. The van der Waals surface area contributed by atoms with E-state index in [1.807, 2.05) is 11.8 Å². The number of thioether (sulfide) groups is 1. The molecule has 0 spiro atoms. The standard InChI is InChI=1S/C12H16N2S.BrH/c1-14-9-5-8-13-12(14)15-10-11-6-3-2-4-7-11;/h2-4,6-7H,5,8-10H2,1H3;1H. The van der Waals surface area contributed by atoms with Crippen LogP contribution in [0.15, 0.2) is 35.3 Å². The van der Waals surface area contributed by atoms with E-state index in [-0.39, 0.29) is 17.0 Å². The first kappa shape index (κ1) is 13.6. The predicted molar refractivity (Wildman–Crippen MR) is 77.6 cm³/mol. The molecule has 0 saturated carbocycles. The maximum absolute atomic E-state index is 4.53. The van der Waals surface area contributed by atoms with Crippen LogP contribution in [0.2, 0.25) is 0 Å². The zero-order valence-electron chi connectivity index (χ0n) is 9.43. The summed E-state index contributed by atoms with van der Waals surface area (Å²) in [5.41, 5.74) is 1.36. The lowest BCUT2D eigenvalue weighted by Crippen LogP contribution is -2.29. The first-order valence-electron chi connectivity index (χ1n) is 5.28. The van der Waals surface area contributed by atoms with Crippen LogP contribution in [0.4, 0.5) is 0 Å². The maximum atomic E-state index is 4.53. The molecular weight excluding hydrogens is 284 g/mol. The Hall–Kier alpha value is -0.480. The van der Waals surface area contributed by atoms with Crippen LogP contribution in [0.5, 0.6) is 0 Å². The Morgan fingerprint density at radius 3 is 2.75 bits per heavy atom. The van der Waals surface area contributed by atoms with Crippen molar-refractivity contribution in [2.24, 2.45) is 4.99 Å². The third kappa shape index (κ3) is 3.83. The average Bonchev–Trinajstić information content (AvgIpc) is 2.29. The number of aliphatic imine (C=N–C) groups is 1. The minimum Gasteiger partial charge on any atom is -0.354 e. The molecule has 16 heavy (non-hydrogen) atoms. The van der Waals surface area contributed by atoms with Gasteiger partial charge in [0.1, 0.15) is 0 Å². The lowest BCUT2D eigenvalue weighted by Gasteiger charge is -2.24. The molecule has 0 saturated heterocycles. The second kappa shape index (κ2) is 6.97. The highest BCUT2D eigenvalue weighted by Gasteiger charge is 2.10. The van der Waals surface area contributed by atoms with Crippen LogP contribution >= 0.6 is 28.7 Å². The second-order valence-corrected chi connectivity index (χ2v) is 4.66. The first-order chi connectivity index (χ1) is 7.36. The van der Waals surface area contributed by atoms with E-state index in [1.165, 1.54) is 17.2 Å². The van der Waals surface area contributed by atoms with Gasteiger partial charge in [0.15, 0.2) is 5.17 Å². The molecule has 0 atom stereocenters. The average molecular weight is 301 g/mol. The Morgan fingerprint density at radius 2 is 2.06 bits per heavy atom. The van der Waals surface area contributed by atoms with E-state index in [9.17, 15) is 0 Å². The number of hydrogen-bond acceptors (Lipinski definition) is 3. The van der Waals surface area contributed by atoms with Crippen molar-refractivity contribution in [3.8, 4) is 0 Å². The summed E-state index contributed by atoms with van der Waals surface area (Å²) in [6.45, 7) is 2.13. The maximum Gasteiger partial charge on any atom is 0.159 e. The first-order valence-corrected chi connectivity index (χ1v) is 6.27. The Bertz CT molecular complexity index is 340. The van der Waals surface area contributed by atoms with Crippen LogP contribution in [0, 0.1) is 0 Å². The summed E-state index contributed by atoms with van der Waals surface area (Å²) in [5, 5.41) is 1.19. The number of hydrogen-bond donors (Lipinski definition) is 0. The topological polar surface area (TPSA) is 15.6 Å². The highest BCUT2D eigenvalue weighted by atomic mass is 79.9. The monoisotopic (exact) mass is 300 g/mol.